The molecular formula is C14H14N2O3S. The number of aliphatic hydroxyl groups excluding tert-OH is 1. The summed E-state index contributed by atoms with van der Waals surface area (Å²) in [6, 6.07) is 3.61. The number of ether oxygens (including phenoxy) is 1. The molecule has 20 heavy (non-hydrogen) atoms. The molecule has 0 saturated heterocycles. The standard InChI is InChI=1S/C14H14N2O3S/c1-10-8-13(18)16(14(15-10)19-2)9-12-11(4-3-6-17)5-7-20-12/h5,7-8,17H,6,9H2,1-2H3. The molecule has 104 valence electrons. The number of hydrogen-bond donors (Lipinski definition) is 1. The third kappa shape index (κ3) is 3.07. The number of hydrogen-bond acceptors (Lipinski definition) is 5. The molecule has 0 radical (unpaired) electrons. The first-order chi connectivity index (χ1) is 9.65. The Labute approximate surface area is 120 Å². The summed E-state index contributed by atoms with van der Waals surface area (Å²) < 4.78 is 6.62. The summed E-state index contributed by atoms with van der Waals surface area (Å²) in [4.78, 5) is 17.2. The first kappa shape index (κ1) is 14.3. The quantitative estimate of drug-likeness (QED) is 0.857. The molecule has 2 heterocycles. The molecule has 0 atom stereocenters. The lowest BCUT2D eigenvalue weighted by molar-refractivity contribution is 0.350. The number of nitrogens with zero attached hydrogens (tertiary/aromatic N) is 2. The van der Waals surface area contributed by atoms with Crippen molar-refractivity contribution in [2.45, 2.75) is 13.5 Å². The van der Waals surface area contributed by atoms with Crippen LogP contribution in [0.1, 0.15) is 16.1 Å². The smallest absolute Gasteiger partial charge is 0.299 e. The van der Waals surface area contributed by atoms with E-state index < -0.39 is 0 Å². The normalized spacial score (nSPS) is 9.95. The van der Waals surface area contributed by atoms with E-state index in [0.29, 0.717) is 12.2 Å². The average Bonchev–Trinajstić information content (AvgIpc) is 2.86. The molecule has 2 aromatic rings. The van der Waals surface area contributed by atoms with Crippen LogP contribution in [0.4, 0.5) is 0 Å². The van der Waals surface area contributed by atoms with Crippen LogP contribution in [0.15, 0.2) is 22.3 Å². The van der Waals surface area contributed by atoms with Gasteiger partial charge >= 0.3 is 0 Å². The van der Waals surface area contributed by atoms with E-state index in [4.69, 9.17) is 9.84 Å². The van der Waals surface area contributed by atoms with E-state index >= 15 is 0 Å². The highest BCUT2D eigenvalue weighted by molar-refractivity contribution is 7.10. The molecule has 6 heteroatoms. The third-order valence-electron chi connectivity index (χ3n) is 2.63. The van der Waals surface area contributed by atoms with Crippen LogP contribution in [0.5, 0.6) is 6.01 Å². The second kappa shape index (κ2) is 6.37. The lowest BCUT2D eigenvalue weighted by Crippen LogP contribution is -2.23. The van der Waals surface area contributed by atoms with Crippen LogP contribution in [0.3, 0.4) is 0 Å². The van der Waals surface area contributed by atoms with Gasteiger partial charge in [-0.25, -0.2) is 4.98 Å². The van der Waals surface area contributed by atoms with Crippen LogP contribution in [0, 0.1) is 18.8 Å². The van der Waals surface area contributed by atoms with Gasteiger partial charge in [-0.1, -0.05) is 11.8 Å². The minimum atomic E-state index is -0.190. The monoisotopic (exact) mass is 290 g/mol. The van der Waals surface area contributed by atoms with Crippen molar-refractivity contribution in [2.75, 3.05) is 13.7 Å². The van der Waals surface area contributed by atoms with Crippen molar-refractivity contribution in [1.82, 2.24) is 9.55 Å². The summed E-state index contributed by atoms with van der Waals surface area (Å²) in [6.07, 6.45) is 0. The molecule has 5 nitrogen and oxygen atoms in total. The lowest BCUT2D eigenvalue weighted by Gasteiger charge is -2.10. The van der Waals surface area contributed by atoms with E-state index in [9.17, 15) is 4.79 Å². The van der Waals surface area contributed by atoms with Crippen molar-refractivity contribution in [1.29, 1.82) is 0 Å². The Morgan fingerprint density at radius 1 is 1.55 bits per heavy atom. The highest BCUT2D eigenvalue weighted by Gasteiger charge is 2.10. The Morgan fingerprint density at radius 2 is 2.35 bits per heavy atom. The van der Waals surface area contributed by atoms with Crippen LogP contribution in [-0.2, 0) is 6.54 Å². The van der Waals surface area contributed by atoms with E-state index in [1.807, 2.05) is 11.4 Å². The molecule has 0 aliphatic rings. The number of rotatable bonds is 3. The zero-order chi connectivity index (χ0) is 14.5. The van der Waals surface area contributed by atoms with Crippen molar-refractivity contribution in [2.24, 2.45) is 0 Å². The fourth-order valence-corrected chi connectivity index (χ4v) is 2.57. The molecule has 0 fully saturated rings. The highest BCUT2D eigenvalue weighted by atomic mass is 32.1. The largest absolute Gasteiger partial charge is 0.468 e. The van der Waals surface area contributed by atoms with Gasteiger partial charge in [0.15, 0.2) is 0 Å². The fourth-order valence-electron chi connectivity index (χ4n) is 1.75. The number of thiophene rings is 1. The van der Waals surface area contributed by atoms with Crippen molar-refractivity contribution in [3.63, 3.8) is 0 Å². The summed E-state index contributed by atoms with van der Waals surface area (Å²) >= 11 is 1.50. The summed E-state index contributed by atoms with van der Waals surface area (Å²) in [5, 5.41) is 10.6. The average molecular weight is 290 g/mol. The number of methoxy groups -OCH3 is 1. The molecule has 0 aromatic carbocycles. The molecule has 2 aromatic heterocycles. The SMILES string of the molecule is COc1nc(C)cc(=O)n1Cc1sccc1C#CCO. The summed E-state index contributed by atoms with van der Waals surface area (Å²) in [5.74, 6) is 5.47. The van der Waals surface area contributed by atoms with Gasteiger partial charge in [0, 0.05) is 22.2 Å². The Bertz CT molecular complexity index is 722. The Morgan fingerprint density at radius 3 is 3.05 bits per heavy atom. The Hall–Kier alpha value is -2.10. The van der Waals surface area contributed by atoms with Crippen molar-refractivity contribution in [3.8, 4) is 17.9 Å². The zero-order valence-electron chi connectivity index (χ0n) is 11.2. The Kier molecular flexibility index (Phi) is 4.56. The third-order valence-corrected chi connectivity index (χ3v) is 3.54. The molecule has 0 bridgehead atoms. The van der Waals surface area contributed by atoms with Crippen LogP contribution >= 0.6 is 11.3 Å². The maximum atomic E-state index is 12.0. The molecule has 0 spiro atoms. The predicted molar refractivity (Wildman–Crippen MR) is 77.2 cm³/mol. The minimum absolute atomic E-state index is 0.163. The molecule has 0 unspecified atom stereocenters. The van der Waals surface area contributed by atoms with E-state index in [1.54, 1.807) is 6.92 Å². The topological polar surface area (TPSA) is 64.3 Å². The van der Waals surface area contributed by atoms with E-state index in [-0.39, 0.29) is 18.2 Å². The first-order valence-corrected chi connectivity index (χ1v) is 6.82. The van der Waals surface area contributed by atoms with E-state index in [1.165, 1.54) is 29.1 Å². The molecule has 0 aliphatic carbocycles. The van der Waals surface area contributed by atoms with Crippen LogP contribution in [-0.4, -0.2) is 28.4 Å². The van der Waals surface area contributed by atoms with Crippen molar-refractivity contribution < 1.29 is 9.84 Å². The molecule has 0 amide bonds. The van der Waals surface area contributed by atoms with Gasteiger partial charge in [-0.15, -0.1) is 11.3 Å². The van der Waals surface area contributed by atoms with Gasteiger partial charge in [0.2, 0.25) is 0 Å². The van der Waals surface area contributed by atoms with Crippen molar-refractivity contribution >= 4 is 11.3 Å². The molecule has 0 saturated carbocycles. The Balaban J connectivity index is 2.40. The van der Waals surface area contributed by atoms with Gasteiger partial charge in [0.25, 0.3) is 11.6 Å². The summed E-state index contributed by atoms with van der Waals surface area (Å²) in [5.41, 5.74) is 1.26. The number of aliphatic hydroxyl groups is 1. The maximum Gasteiger partial charge on any atom is 0.299 e. The summed E-state index contributed by atoms with van der Waals surface area (Å²) in [7, 11) is 1.48. The van der Waals surface area contributed by atoms with Gasteiger partial charge in [-0.3, -0.25) is 9.36 Å². The lowest BCUT2D eigenvalue weighted by atomic mass is 10.2. The van der Waals surface area contributed by atoms with Gasteiger partial charge < -0.3 is 9.84 Å². The summed E-state index contributed by atoms with van der Waals surface area (Å²) in [6.45, 7) is 1.91. The fraction of sp³-hybridized carbons (Fsp3) is 0.286. The second-order valence-corrected chi connectivity index (χ2v) is 5.03. The molecular weight excluding hydrogens is 276 g/mol. The van der Waals surface area contributed by atoms with Gasteiger partial charge in [0.1, 0.15) is 6.61 Å². The van der Waals surface area contributed by atoms with Gasteiger partial charge in [0.05, 0.1) is 13.7 Å². The number of aryl methyl sites for hydroxylation is 1. The maximum absolute atomic E-state index is 12.0. The van der Waals surface area contributed by atoms with Gasteiger partial charge in [-0.2, -0.15) is 0 Å². The van der Waals surface area contributed by atoms with E-state index in [0.717, 1.165) is 10.4 Å². The van der Waals surface area contributed by atoms with Crippen molar-refractivity contribution in [3.05, 3.63) is 44.0 Å². The molecule has 0 aliphatic heterocycles. The minimum Gasteiger partial charge on any atom is -0.468 e. The number of aromatic nitrogens is 2. The molecule has 1 N–H and O–H groups in total. The van der Waals surface area contributed by atoms with Crippen LogP contribution < -0.4 is 10.3 Å². The second-order valence-electron chi connectivity index (χ2n) is 4.03. The van der Waals surface area contributed by atoms with Crippen LogP contribution in [0.2, 0.25) is 0 Å². The highest BCUT2D eigenvalue weighted by Crippen LogP contribution is 2.18. The van der Waals surface area contributed by atoms with Crippen LogP contribution in [0.25, 0.3) is 0 Å². The predicted octanol–water partition coefficient (Wildman–Crippen LogP) is 1.01. The molecule has 2 rings (SSSR count). The first-order valence-electron chi connectivity index (χ1n) is 5.94. The zero-order valence-corrected chi connectivity index (χ0v) is 12.0. The van der Waals surface area contributed by atoms with Gasteiger partial charge in [-0.05, 0) is 18.4 Å². The van der Waals surface area contributed by atoms with E-state index in [2.05, 4.69) is 16.8 Å².